The van der Waals surface area contributed by atoms with E-state index in [9.17, 15) is 4.39 Å². The van der Waals surface area contributed by atoms with Gasteiger partial charge in [0.15, 0.2) is 0 Å². The van der Waals surface area contributed by atoms with Crippen LogP contribution in [0, 0.1) is 11.2 Å². The van der Waals surface area contributed by atoms with Crippen molar-refractivity contribution in [3.05, 3.63) is 40.7 Å². The molecule has 0 spiro atoms. The van der Waals surface area contributed by atoms with Crippen LogP contribution >= 0.6 is 11.6 Å². The predicted molar refractivity (Wildman–Crippen MR) is 75.2 cm³/mol. The monoisotopic (exact) mass is 267 g/mol. The first-order chi connectivity index (χ1) is 8.39. The summed E-state index contributed by atoms with van der Waals surface area (Å²) in [5, 5.41) is 3.71. The molecule has 0 radical (unpaired) electrons. The van der Waals surface area contributed by atoms with E-state index >= 15 is 0 Å². The van der Waals surface area contributed by atoms with Crippen LogP contribution in [0.4, 0.5) is 4.39 Å². The van der Waals surface area contributed by atoms with Gasteiger partial charge in [-0.2, -0.15) is 0 Å². The van der Waals surface area contributed by atoms with Gasteiger partial charge in [0, 0.05) is 6.04 Å². The van der Waals surface area contributed by atoms with Gasteiger partial charge in [-0.05, 0) is 35.6 Å². The highest BCUT2D eigenvalue weighted by molar-refractivity contribution is 6.32. The average Bonchev–Trinajstić information content (AvgIpc) is 2.32. The van der Waals surface area contributed by atoms with Gasteiger partial charge in [0.2, 0.25) is 0 Å². The van der Waals surface area contributed by atoms with Crippen molar-refractivity contribution in [3.8, 4) is 0 Å². The van der Waals surface area contributed by atoms with Crippen molar-refractivity contribution in [2.24, 2.45) is 5.41 Å². The fourth-order valence-corrected chi connectivity index (χ4v) is 2.49. The van der Waals surface area contributed by atoms with Gasteiger partial charge in [0.1, 0.15) is 5.82 Å². The lowest BCUT2D eigenvalue weighted by molar-refractivity contribution is 0.310. The first kappa shape index (κ1) is 13.6. The highest BCUT2D eigenvalue weighted by atomic mass is 35.5. The van der Waals surface area contributed by atoms with E-state index in [-0.39, 0.29) is 16.3 Å². The number of halogens is 2. The first-order valence-corrected chi connectivity index (χ1v) is 6.66. The molecule has 0 saturated heterocycles. The zero-order valence-electron chi connectivity index (χ0n) is 11.1. The minimum atomic E-state index is -0.346. The average molecular weight is 268 g/mol. The van der Waals surface area contributed by atoms with Crippen molar-refractivity contribution in [2.45, 2.75) is 33.2 Å². The Labute approximate surface area is 113 Å². The Balaban J connectivity index is 2.38. The van der Waals surface area contributed by atoms with Crippen molar-refractivity contribution in [1.82, 2.24) is 5.32 Å². The van der Waals surface area contributed by atoms with Crippen LogP contribution in [-0.4, -0.2) is 12.6 Å². The molecule has 1 atom stereocenters. The van der Waals surface area contributed by atoms with E-state index in [1.54, 1.807) is 6.07 Å². The molecule has 0 bridgehead atoms. The zero-order valence-corrected chi connectivity index (χ0v) is 11.8. The second kappa shape index (κ2) is 5.02. The lowest BCUT2D eigenvalue weighted by atomic mass is 9.82. The number of hydrogen-bond donors (Lipinski definition) is 1. The normalized spacial score (nSPS) is 20.7. The third kappa shape index (κ3) is 2.76. The highest BCUT2D eigenvalue weighted by Crippen LogP contribution is 2.33. The van der Waals surface area contributed by atoms with Crippen LogP contribution in [0.15, 0.2) is 24.3 Å². The van der Waals surface area contributed by atoms with E-state index in [0.29, 0.717) is 6.04 Å². The molecule has 1 N–H and O–H groups in total. The van der Waals surface area contributed by atoms with Crippen molar-refractivity contribution in [1.29, 1.82) is 0 Å². The Bertz CT molecular complexity index is 474. The van der Waals surface area contributed by atoms with Gasteiger partial charge in [-0.1, -0.05) is 50.6 Å². The molecule has 1 aromatic carbocycles. The molecule has 1 heterocycles. The second-order valence-electron chi connectivity index (χ2n) is 5.84. The second-order valence-corrected chi connectivity index (χ2v) is 6.22. The number of hydrogen-bond acceptors (Lipinski definition) is 1. The summed E-state index contributed by atoms with van der Waals surface area (Å²) in [5.74, 6) is -0.346. The first-order valence-electron chi connectivity index (χ1n) is 6.28. The van der Waals surface area contributed by atoms with E-state index in [2.05, 4.69) is 32.2 Å². The maximum Gasteiger partial charge on any atom is 0.142 e. The van der Waals surface area contributed by atoms with E-state index in [4.69, 9.17) is 11.6 Å². The standard InChI is InChI=1S/C15H19ClFN/c1-15(2,3)13-9-10(7-8-18-13)11-5-4-6-12(17)14(11)16/h4-6,9,13,18H,7-8H2,1-3H3. The Hall–Kier alpha value is -0.860. The molecule has 1 aliphatic rings. The lowest BCUT2D eigenvalue weighted by Gasteiger charge is -2.33. The maximum absolute atomic E-state index is 13.5. The quantitative estimate of drug-likeness (QED) is 0.801. The molecule has 3 heteroatoms. The zero-order chi connectivity index (χ0) is 13.3. The predicted octanol–water partition coefficient (Wildman–Crippen LogP) is 4.27. The molecule has 1 unspecified atom stereocenters. The van der Waals surface area contributed by atoms with Crippen LogP contribution in [-0.2, 0) is 0 Å². The summed E-state index contributed by atoms with van der Waals surface area (Å²) in [7, 11) is 0. The summed E-state index contributed by atoms with van der Waals surface area (Å²) in [6.07, 6.45) is 3.07. The summed E-state index contributed by atoms with van der Waals surface area (Å²) >= 11 is 6.05. The molecule has 1 aromatic rings. The molecule has 0 fully saturated rings. The SMILES string of the molecule is CC(C)(C)C1C=C(c2cccc(F)c2Cl)CCN1. The van der Waals surface area contributed by atoms with Crippen LogP contribution in [0.3, 0.4) is 0 Å². The third-order valence-corrected chi connectivity index (χ3v) is 3.74. The molecule has 1 nitrogen and oxygen atoms in total. The third-order valence-electron chi connectivity index (χ3n) is 3.36. The fraction of sp³-hybridized carbons (Fsp3) is 0.467. The molecule has 2 rings (SSSR count). The summed E-state index contributed by atoms with van der Waals surface area (Å²) in [6, 6.07) is 5.29. The van der Waals surface area contributed by atoms with Crippen LogP contribution in [0.1, 0.15) is 32.8 Å². The van der Waals surface area contributed by atoms with Crippen molar-refractivity contribution < 1.29 is 4.39 Å². The van der Waals surface area contributed by atoms with Gasteiger partial charge < -0.3 is 5.32 Å². The Kier molecular flexibility index (Phi) is 3.79. The van der Waals surface area contributed by atoms with Crippen LogP contribution < -0.4 is 5.32 Å². The van der Waals surface area contributed by atoms with Gasteiger partial charge in [-0.15, -0.1) is 0 Å². The molecule has 0 aliphatic carbocycles. The molecule has 1 aliphatic heterocycles. The molecular formula is C15H19ClFN. The highest BCUT2D eigenvalue weighted by Gasteiger charge is 2.26. The van der Waals surface area contributed by atoms with E-state index in [1.807, 2.05) is 6.07 Å². The van der Waals surface area contributed by atoms with Crippen LogP contribution in [0.2, 0.25) is 5.02 Å². The summed E-state index contributed by atoms with van der Waals surface area (Å²) < 4.78 is 13.5. The fourth-order valence-electron chi connectivity index (χ4n) is 2.24. The van der Waals surface area contributed by atoms with E-state index < -0.39 is 0 Å². The molecule has 0 amide bonds. The van der Waals surface area contributed by atoms with Gasteiger partial charge in [-0.3, -0.25) is 0 Å². The lowest BCUT2D eigenvalue weighted by Crippen LogP contribution is -2.41. The van der Waals surface area contributed by atoms with Crippen LogP contribution in [0.5, 0.6) is 0 Å². The number of rotatable bonds is 1. The molecule has 0 aromatic heterocycles. The summed E-state index contributed by atoms with van der Waals surface area (Å²) in [4.78, 5) is 0. The number of nitrogens with one attached hydrogen (secondary N) is 1. The topological polar surface area (TPSA) is 12.0 Å². The Morgan fingerprint density at radius 1 is 1.33 bits per heavy atom. The van der Waals surface area contributed by atoms with Gasteiger partial charge in [-0.25, -0.2) is 4.39 Å². The molecule has 18 heavy (non-hydrogen) atoms. The Morgan fingerprint density at radius 3 is 2.72 bits per heavy atom. The van der Waals surface area contributed by atoms with E-state index in [0.717, 1.165) is 24.1 Å². The molecule has 0 saturated carbocycles. The largest absolute Gasteiger partial charge is 0.310 e. The van der Waals surface area contributed by atoms with Gasteiger partial charge in [0.05, 0.1) is 5.02 Å². The minimum absolute atomic E-state index is 0.144. The smallest absolute Gasteiger partial charge is 0.142 e. The number of benzene rings is 1. The summed E-state index contributed by atoms with van der Waals surface area (Å²) in [6.45, 7) is 7.48. The summed E-state index contributed by atoms with van der Waals surface area (Å²) in [5.41, 5.74) is 2.11. The van der Waals surface area contributed by atoms with Gasteiger partial charge >= 0.3 is 0 Å². The Morgan fingerprint density at radius 2 is 2.06 bits per heavy atom. The van der Waals surface area contributed by atoms with Crippen molar-refractivity contribution in [2.75, 3.05) is 6.54 Å². The van der Waals surface area contributed by atoms with Gasteiger partial charge in [0.25, 0.3) is 0 Å². The molecule has 98 valence electrons. The van der Waals surface area contributed by atoms with Crippen molar-refractivity contribution in [3.63, 3.8) is 0 Å². The minimum Gasteiger partial charge on any atom is -0.310 e. The van der Waals surface area contributed by atoms with Crippen LogP contribution in [0.25, 0.3) is 5.57 Å². The van der Waals surface area contributed by atoms with Crippen molar-refractivity contribution >= 4 is 17.2 Å². The van der Waals surface area contributed by atoms with E-state index in [1.165, 1.54) is 6.07 Å². The molecular weight excluding hydrogens is 249 g/mol. The maximum atomic E-state index is 13.5.